The highest BCUT2D eigenvalue weighted by Gasteiger charge is 2.24. The molecule has 0 heterocycles. The van der Waals surface area contributed by atoms with Crippen LogP contribution in [-0.4, -0.2) is 36.1 Å². The van der Waals surface area contributed by atoms with Crippen LogP contribution in [0, 0.1) is 0 Å². The van der Waals surface area contributed by atoms with Crippen molar-refractivity contribution < 1.29 is 24.2 Å². The average Bonchev–Trinajstić information content (AvgIpc) is 2.37. The number of esters is 1. The molecule has 0 aromatic heterocycles. The van der Waals surface area contributed by atoms with Crippen LogP contribution in [0.15, 0.2) is 30.3 Å². The van der Waals surface area contributed by atoms with Gasteiger partial charge in [-0.15, -0.1) is 0 Å². The third-order valence-corrected chi connectivity index (χ3v) is 2.26. The van der Waals surface area contributed by atoms with Gasteiger partial charge in [-0.2, -0.15) is 0 Å². The Hall–Kier alpha value is -2.37. The third kappa shape index (κ3) is 3.89. The Labute approximate surface area is 104 Å². The number of carbonyl (C=O) groups excluding carboxylic acids is 2. The molecule has 0 fully saturated rings. The zero-order valence-electron chi connectivity index (χ0n) is 9.75. The van der Waals surface area contributed by atoms with Crippen molar-refractivity contribution in [2.24, 2.45) is 0 Å². The molecule has 0 saturated carbocycles. The highest BCUT2D eigenvalue weighted by atomic mass is 16.5. The van der Waals surface area contributed by atoms with E-state index in [2.05, 4.69) is 10.1 Å². The van der Waals surface area contributed by atoms with Crippen LogP contribution in [0.25, 0.3) is 0 Å². The van der Waals surface area contributed by atoms with Gasteiger partial charge < -0.3 is 15.2 Å². The van der Waals surface area contributed by atoms with E-state index in [0.717, 1.165) is 12.7 Å². The Morgan fingerprint density at radius 1 is 1.28 bits per heavy atom. The second-order valence-electron chi connectivity index (χ2n) is 3.55. The topological polar surface area (TPSA) is 92.7 Å². The first-order valence-electron chi connectivity index (χ1n) is 5.20. The van der Waals surface area contributed by atoms with Crippen molar-refractivity contribution in [3.63, 3.8) is 0 Å². The number of ether oxygens (including phenoxy) is 1. The lowest BCUT2D eigenvalue weighted by Gasteiger charge is -2.13. The van der Waals surface area contributed by atoms with Crippen LogP contribution < -0.4 is 5.32 Å². The lowest BCUT2D eigenvalue weighted by Crippen LogP contribution is -2.45. The van der Waals surface area contributed by atoms with Gasteiger partial charge in [0.15, 0.2) is 0 Å². The van der Waals surface area contributed by atoms with E-state index in [9.17, 15) is 14.4 Å². The SMILES string of the molecule is COC(=O)C(=O)N[C@@H](Cc1ccccc1)C(=O)O. The number of nitrogens with one attached hydrogen (secondary N) is 1. The minimum Gasteiger partial charge on any atom is -0.480 e. The molecule has 0 radical (unpaired) electrons. The standard InChI is InChI=1S/C12H13NO5/c1-18-12(17)10(14)13-9(11(15)16)7-8-5-3-2-4-6-8/h2-6,9H,7H2,1H3,(H,13,14)(H,15,16)/t9-/m0/s1. The first-order valence-corrected chi connectivity index (χ1v) is 5.20. The fourth-order valence-electron chi connectivity index (χ4n) is 1.36. The molecule has 1 rings (SSSR count). The Morgan fingerprint density at radius 2 is 1.89 bits per heavy atom. The Kier molecular flexibility index (Phi) is 4.86. The maximum atomic E-state index is 11.2. The highest BCUT2D eigenvalue weighted by Crippen LogP contribution is 2.03. The molecule has 18 heavy (non-hydrogen) atoms. The molecular weight excluding hydrogens is 238 g/mol. The van der Waals surface area contributed by atoms with Gasteiger partial charge in [-0.25, -0.2) is 9.59 Å². The van der Waals surface area contributed by atoms with Crippen molar-refractivity contribution in [2.75, 3.05) is 7.11 Å². The molecule has 0 aliphatic carbocycles. The van der Waals surface area contributed by atoms with Gasteiger partial charge in [0.25, 0.3) is 0 Å². The number of hydrogen-bond donors (Lipinski definition) is 2. The van der Waals surface area contributed by atoms with Crippen molar-refractivity contribution in [1.82, 2.24) is 5.32 Å². The maximum absolute atomic E-state index is 11.2. The maximum Gasteiger partial charge on any atom is 0.396 e. The van der Waals surface area contributed by atoms with E-state index in [1.165, 1.54) is 0 Å². The summed E-state index contributed by atoms with van der Waals surface area (Å²) >= 11 is 0. The number of methoxy groups -OCH3 is 1. The van der Waals surface area contributed by atoms with E-state index < -0.39 is 23.9 Å². The Balaban J connectivity index is 2.70. The fraction of sp³-hybridized carbons (Fsp3) is 0.250. The molecular formula is C12H13NO5. The van der Waals surface area contributed by atoms with Gasteiger partial charge in [-0.1, -0.05) is 30.3 Å². The molecule has 1 aromatic rings. The zero-order valence-corrected chi connectivity index (χ0v) is 9.75. The first-order chi connectivity index (χ1) is 8.54. The number of amides is 1. The van der Waals surface area contributed by atoms with Crippen LogP contribution in [0.5, 0.6) is 0 Å². The van der Waals surface area contributed by atoms with Gasteiger partial charge >= 0.3 is 17.8 Å². The van der Waals surface area contributed by atoms with E-state index in [4.69, 9.17) is 5.11 Å². The summed E-state index contributed by atoms with van der Waals surface area (Å²) in [6, 6.07) is 7.62. The summed E-state index contributed by atoms with van der Waals surface area (Å²) in [6.07, 6.45) is 0.0961. The van der Waals surface area contributed by atoms with Crippen molar-refractivity contribution in [1.29, 1.82) is 0 Å². The van der Waals surface area contributed by atoms with Gasteiger partial charge in [0.2, 0.25) is 0 Å². The van der Waals surface area contributed by atoms with E-state index in [1.807, 2.05) is 0 Å². The second-order valence-corrected chi connectivity index (χ2v) is 3.55. The minimum absolute atomic E-state index is 0.0961. The van der Waals surface area contributed by atoms with Crippen LogP contribution in [-0.2, 0) is 25.5 Å². The van der Waals surface area contributed by atoms with Gasteiger partial charge in [0.05, 0.1) is 7.11 Å². The first kappa shape index (κ1) is 13.7. The van der Waals surface area contributed by atoms with Gasteiger partial charge in [-0.05, 0) is 5.56 Å². The van der Waals surface area contributed by atoms with E-state index >= 15 is 0 Å². The molecule has 1 aromatic carbocycles. The summed E-state index contributed by atoms with van der Waals surface area (Å²) in [7, 11) is 1.05. The summed E-state index contributed by atoms with van der Waals surface area (Å²) in [5.41, 5.74) is 0.745. The van der Waals surface area contributed by atoms with Gasteiger partial charge in [0.1, 0.15) is 6.04 Å². The molecule has 2 N–H and O–H groups in total. The molecule has 0 bridgehead atoms. The number of carboxylic acids is 1. The fourth-order valence-corrected chi connectivity index (χ4v) is 1.36. The molecule has 0 saturated heterocycles. The Bertz CT molecular complexity index is 443. The zero-order chi connectivity index (χ0) is 13.5. The highest BCUT2D eigenvalue weighted by molar-refractivity contribution is 6.32. The molecule has 96 valence electrons. The van der Waals surface area contributed by atoms with E-state index in [1.54, 1.807) is 30.3 Å². The molecule has 1 atom stereocenters. The summed E-state index contributed by atoms with van der Waals surface area (Å²) in [4.78, 5) is 33.1. The Morgan fingerprint density at radius 3 is 2.39 bits per heavy atom. The predicted octanol–water partition coefficient (Wildman–Crippen LogP) is -0.0285. The number of aliphatic carboxylic acids is 1. The number of carboxylic acid groups (broad SMARTS) is 1. The summed E-state index contributed by atoms with van der Waals surface area (Å²) in [5, 5.41) is 11.1. The van der Waals surface area contributed by atoms with Crippen LogP contribution >= 0.6 is 0 Å². The minimum atomic E-state index is -1.21. The molecule has 0 aliphatic rings. The molecule has 0 aliphatic heterocycles. The number of carbonyl (C=O) groups is 3. The van der Waals surface area contributed by atoms with Crippen LogP contribution in [0.4, 0.5) is 0 Å². The molecule has 1 amide bonds. The molecule has 6 heteroatoms. The molecule has 0 unspecified atom stereocenters. The molecule has 0 spiro atoms. The average molecular weight is 251 g/mol. The third-order valence-electron chi connectivity index (χ3n) is 2.26. The quantitative estimate of drug-likeness (QED) is 0.579. The van der Waals surface area contributed by atoms with E-state index in [0.29, 0.717) is 0 Å². The van der Waals surface area contributed by atoms with Crippen molar-refractivity contribution in [3.8, 4) is 0 Å². The van der Waals surface area contributed by atoms with Crippen LogP contribution in [0.1, 0.15) is 5.56 Å². The molecule has 6 nitrogen and oxygen atoms in total. The second kappa shape index (κ2) is 6.39. The number of hydrogen-bond acceptors (Lipinski definition) is 4. The lowest BCUT2D eigenvalue weighted by molar-refractivity contribution is -0.154. The normalized spacial score (nSPS) is 11.4. The number of rotatable bonds is 4. The van der Waals surface area contributed by atoms with Gasteiger partial charge in [0, 0.05) is 6.42 Å². The predicted molar refractivity (Wildman–Crippen MR) is 61.7 cm³/mol. The van der Waals surface area contributed by atoms with Crippen LogP contribution in [0.3, 0.4) is 0 Å². The lowest BCUT2D eigenvalue weighted by atomic mass is 10.1. The van der Waals surface area contributed by atoms with Crippen molar-refractivity contribution >= 4 is 17.8 Å². The summed E-state index contributed by atoms with van der Waals surface area (Å²) in [6.45, 7) is 0. The summed E-state index contributed by atoms with van der Waals surface area (Å²) < 4.78 is 4.20. The van der Waals surface area contributed by atoms with Crippen molar-refractivity contribution in [2.45, 2.75) is 12.5 Å². The van der Waals surface area contributed by atoms with Crippen molar-refractivity contribution in [3.05, 3.63) is 35.9 Å². The number of benzene rings is 1. The van der Waals surface area contributed by atoms with E-state index in [-0.39, 0.29) is 6.42 Å². The summed E-state index contributed by atoms with van der Waals surface area (Å²) in [5.74, 6) is -3.40. The van der Waals surface area contributed by atoms with Crippen LogP contribution in [0.2, 0.25) is 0 Å². The monoisotopic (exact) mass is 251 g/mol. The smallest absolute Gasteiger partial charge is 0.396 e. The van der Waals surface area contributed by atoms with Gasteiger partial charge in [-0.3, -0.25) is 4.79 Å². The largest absolute Gasteiger partial charge is 0.480 e.